The molecule has 20 heavy (non-hydrogen) atoms. The summed E-state index contributed by atoms with van der Waals surface area (Å²) in [6, 6.07) is 13.1. The van der Waals surface area contributed by atoms with Crippen molar-refractivity contribution in [2.45, 2.75) is 12.5 Å². The molecule has 0 aliphatic rings. The second-order valence-corrected chi connectivity index (χ2v) is 5.46. The van der Waals surface area contributed by atoms with Gasteiger partial charge in [-0.1, -0.05) is 34.1 Å². The molecule has 0 heterocycles. The molecule has 0 radical (unpaired) electrons. The van der Waals surface area contributed by atoms with Gasteiger partial charge in [-0.05, 0) is 37.3 Å². The van der Waals surface area contributed by atoms with E-state index in [-0.39, 0.29) is 5.82 Å². The lowest BCUT2D eigenvalue weighted by Crippen LogP contribution is -2.45. The highest BCUT2D eigenvalue weighted by Crippen LogP contribution is 2.31. The Morgan fingerprint density at radius 3 is 2.35 bits per heavy atom. The van der Waals surface area contributed by atoms with Gasteiger partial charge in [0, 0.05) is 15.7 Å². The number of anilines is 1. The molecule has 0 bridgehead atoms. The van der Waals surface area contributed by atoms with E-state index in [1.807, 2.05) is 24.3 Å². The lowest BCUT2D eigenvalue weighted by Gasteiger charge is -2.30. The molecular weight excluding hydrogens is 323 g/mol. The summed E-state index contributed by atoms with van der Waals surface area (Å²) in [6.07, 6.45) is 0. The van der Waals surface area contributed by atoms with Crippen LogP contribution in [0.2, 0.25) is 0 Å². The van der Waals surface area contributed by atoms with Crippen molar-refractivity contribution in [3.05, 3.63) is 64.4 Å². The second kappa shape index (κ2) is 5.63. The van der Waals surface area contributed by atoms with E-state index in [2.05, 4.69) is 21.2 Å². The van der Waals surface area contributed by atoms with Gasteiger partial charge in [0.25, 0.3) is 0 Å². The first kappa shape index (κ1) is 14.5. The fraction of sp³-hybridized carbons (Fsp3) is 0.133. The molecule has 1 amide bonds. The van der Waals surface area contributed by atoms with E-state index < -0.39 is 11.4 Å². The van der Waals surface area contributed by atoms with E-state index >= 15 is 0 Å². The summed E-state index contributed by atoms with van der Waals surface area (Å²) >= 11 is 3.42. The van der Waals surface area contributed by atoms with Crippen LogP contribution in [-0.2, 0) is 10.3 Å². The predicted octanol–water partition coefficient (Wildman–Crippen LogP) is 3.40. The molecule has 0 saturated carbocycles. The summed E-state index contributed by atoms with van der Waals surface area (Å²) in [5, 5.41) is 3.07. The minimum atomic E-state index is -1.10. The Balaban J connectivity index is 2.43. The van der Waals surface area contributed by atoms with Gasteiger partial charge < -0.3 is 11.1 Å². The number of benzene rings is 2. The molecule has 1 unspecified atom stereocenters. The number of amides is 1. The third kappa shape index (κ3) is 2.82. The van der Waals surface area contributed by atoms with Gasteiger partial charge >= 0.3 is 0 Å². The standard InChI is InChI=1S/C15H14BrFN2O/c1-15(14(18)20,12-4-2-3-5-13(12)16)19-11-8-6-10(17)7-9-11/h2-9,19H,1H3,(H2,18,20). The van der Waals surface area contributed by atoms with E-state index in [1.54, 1.807) is 19.1 Å². The highest BCUT2D eigenvalue weighted by Gasteiger charge is 2.34. The third-order valence-corrected chi connectivity index (χ3v) is 3.84. The summed E-state index contributed by atoms with van der Waals surface area (Å²) < 4.78 is 13.7. The second-order valence-electron chi connectivity index (χ2n) is 4.60. The minimum absolute atomic E-state index is 0.336. The summed E-state index contributed by atoms with van der Waals surface area (Å²) in [6.45, 7) is 1.69. The zero-order chi connectivity index (χ0) is 14.8. The van der Waals surface area contributed by atoms with Gasteiger partial charge in [-0.25, -0.2) is 4.39 Å². The molecule has 2 rings (SSSR count). The Morgan fingerprint density at radius 1 is 1.20 bits per heavy atom. The summed E-state index contributed by atoms with van der Waals surface area (Å²) in [7, 11) is 0. The smallest absolute Gasteiger partial charge is 0.247 e. The van der Waals surface area contributed by atoms with Gasteiger partial charge in [-0.3, -0.25) is 4.79 Å². The van der Waals surface area contributed by atoms with Crippen LogP contribution in [0, 0.1) is 5.82 Å². The average Bonchev–Trinajstić information content (AvgIpc) is 2.41. The van der Waals surface area contributed by atoms with Gasteiger partial charge in [-0.15, -0.1) is 0 Å². The Morgan fingerprint density at radius 2 is 1.80 bits per heavy atom. The van der Waals surface area contributed by atoms with Crippen LogP contribution in [0.1, 0.15) is 12.5 Å². The summed E-state index contributed by atoms with van der Waals surface area (Å²) in [4.78, 5) is 11.9. The number of nitrogens with one attached hydrogen (secondary N) is 1. The number of halogens is 2. The van der Waals surface area contributed by atoms with Gasteiger partial charge in [0.15, 0.2) is 0 Å². The first-order valence-corrected chi connectivity index (χ1v) is 6.81. The zero-order valence-corrected chi connectivity index (χ0v) is 12.4. The SMILES string of the molecule is CC(Nc1ccc(F)cc1)(C(N)=O)c1ccccc1Br. The molecule has 0 aliphatic carbocycles. The van der Waals surface area contributed by atoms with Crippen molar-refractivity contribution in [2.24, 2.45) is 5.73 Å². The van der Waals surface area contributed by atoms with Gasteiger partial charge in [0.2, 0.25) is 5.91 Å². The molecule has 0 saturated heterocycles. The van der Waals surface area contributed by atoms with Crippen LogP contribution in [0.15, 0.2) is 53.0 Å². The molecule has 5 heteroatoms. The van der Waals surface area contributed by atoms with Crippen LogP contribution in [0.4, 0.5) is 10.1 Å². The number of carbonyl (C=O) groups is 1. The molecule has 104 valence electrons. The normalized spacial score (nSPS) is 13.6. The first-order valence-electron chi connectivity index (χ1n) is 6.02. The molecule has 3 N–H and O–H groups in total. The number of nitrogens with two attached hydrogens (primary N) is 1. The average molecular weight is 337 g/mol. The van der Waals surface area contributed by atoms with Crippen molar-refractivity contribution >= 4 is 27.5 Å². The van der Waals surface area contributed by atoms with Gasteiger partial charge in [0.05, 0.1) is 0 Å². The number of primary amides is 1. The summed E-state index contributed by atoms with van der Waals surface area (Å²) in [5.41, 5.74) is 5.79. The van der Waals surface area contributed by atoms with Crippen LogP contribution in [0.3, 0.4) is 0 Å². The molecule has 2 aromatic rings. The molecule has 0 aromatic heterocycles. The first-order chi connectivity index (χ1) is 9.43. The Kier molecular flexibility index (Phi) is 4.09. The van der Waals surface area contributed by atoms with Crippen molar-refractivity contribution in [1.82, 2.24) is 0 Å². The number of rotatable bonds is 4. The van der Waals surface area contributed by atoms with Crippen LogP contribution in [0.5, 0.6) is 0 Å². The monoisotopic (exact) mass is 336 g/mol. The number of hydrogen-bond acceptors (Lipinski definition) is 2. The van der Waals surface area contributed by atoms with E-state index in [0.29, 0.717) is 5.69 Å². The highest BCUT2D eigenvalue weighted by atomic mass is 79.9. The van der Waals surface area contributed by atoms with Gasteiger partial charge in [0.1, 0.15) is 11.4 Å². The molecule has 0 fully saturated rings. The van der Waals surface area contributed by atoms with E-state index in [9.17, 15) is 9.18 Å². The highest BCUT2D eigenvalue weighted by molar-refractivity contribution is 9.10. The lowest BCUT2D eigenvalue weighted by molar-refractivity contribution is -0.122. The lowest BCUT2D eigenvalue weighted by atomic mass is 9.91. The predicted molar refractivity (Wildman–Crippen MR) is 80.7 cm³/mol. The Labute approximate surface area is 125 Å². The van der Waals surface area contributed by atoms with E-state index in [0.717, 1.165) is 10.0 Å². The Hall–Kier alpha value is -1.88. The van der Waals surface area contributed by atoms with Crippen LogP contribution >= 0.6 is 15.9 Å². The largest absolute Gasteiger partial charge is 0.368 e. The van der Waals surface area contributed by atoms with E-state index in [1.165, 1.54) is 12.1 Å². The topological polar surface area (TPSA) is 55.1 Å². The maximum Gasteiger partial charge on any atom is 0.247 e. The van der Waals surface area contributed by atoms with Crippen LogP contribution in [0.25, 0.3) is 0 Å². The fourth-order valence-corrected chi connectivity index (χ4v) is 2.63. The third-order valence-electron chi connectivity index (χ3n) is 3.14. The molecule has 0 aliphatic heterocycles. The minimum Gasteiger partial charge on any atom is -0.368 e. The van der Waals surface area contributed by atoms with Crippen molar-refractivity contribution in [1.29, 1.82) is 0 Å². The van der Waals surface area contributed by atoms with Crippen molar-refractivity contribution < 1.29 is 9.18 Å². The molecular formula is C15H14BrFN2O. The van der Waals surface area contributed by atoms with Gasteiger partial charge in [-0.2, -0.15) is 0 Å². The van der Waals surface area contributed by atoms with Crippen molar-refractivity contribution in [2.75, 3.05) is 5.32 Å². The van der Waals surface area contributed by atoms with Crippen molar-refractivity contribution in [3.8, 4) is 0 Å². The van der Waals surface area contributed by atoms with Crippen LogP contribution in [-0.4, -0.2) is 5.91 Å². The Bertz CT molecular complexity index is 630. The fourth-order valence-electron chi connectivity index (χ4n) is 1.95. The maximum absolute atomic E-state index is 12.9. The maximum atomic E-state index is 12.9. The molecule has 3 nitrogen and oxygen atoms in total. The summed E-state index contributed by atoms with van der Waals surface area (Å²) in [5.74, 6) is -0.856. The molecule has 2 aromatic carbocycles. The number of hydrogen-bond donors (Lipinski definition) is 2. The van der Waals surface area contributed by atoms with Crippen LogP contribution < -0.4 is 11.1 Å². The zero-order valence-electron chi connectivity index (χ0n) is 10.9. The van der Waals surface area contributed by atoms with Crippen molar-refractivity contribution in [3.63, 3.8) is 0 Å². The number of carbonyl (C=O) groups excluding carboxylic acids is 1. The molecule has 1 atom stereocenters. The molecule has 0 spiro atoms. The van der Waals surface area contributed by atoms with E-state index in [4.69, 9.17) is 5.73 Å². The quantitative estimate of drug-likeness (QED) is 0.898.